The quantitative estimate of drug-likeness (QED) is 0.0264. The first-order valence-corrected chi connectivity index (χ1v) is 31.8. The summed E-state index contributed by atoms with van der Waals surface area (Å²) >= 11 is 0. The number of phosphoric acid groups is 1. The van der Waals surface area contributed by atoms with E-state index in [1.54, 1.807) is 0 Å². The van der Waals surface area contributed by atoms with E-state index in [9.17, 15) is 19.0 Å². The lowest BCUT2D eigenvalue weighted by Gasteiger charge is -2.19. The maximum atomic E-state index is 12.7. The molecular weight excluding hydrogens is 918 g/mol. The first-order valence-electron chi connectivity index (χ1n) is 30.3. The molecule has 420 valence electrons. The summed E-state index contributed by atoms with van der Waals surface area (Å²) in [5.41, 5.74) is 5.39. The van der Waals surface area contributed by atoms with Crippen molar-refractivity contribution >= 4 is 19.8 Å². The normalized spacial score (nSPS) is 13.4. The van der Waals surface area contributed by atoms with E-state index in [1.165, 1.54) is 186 Å². The molecule has 0 aliphatic carbocycles. The van der Waals surface area contributed by atoms with Crippen LogP contribution in [0.3, 0.4) is 0 Å². The van der Waals surface area contributed by atoms with E-state index in [0.717, 1.165) is 70.6 Å². The Bertz CT molecular complexity index is 1360. The van der Waals surface area contributed by atoms with Crippen LogP contribution < -0.4 is 5.73 Å². The third-order valence-corrected chi connectivity index (χ3v) is 14.2. The average Bonchev–Trinajstić information content (AvgIpc) is 3.37. The zero-order chi connectivity index (χ0) is 52.4. The lowest BCUT2D eigenvalue weighted by atomic mass is 10.0. The van der Waals surface area contributed by atoms with Crippen molar-refractivity contribution in [1.82, 2.24) is 0 Å². The van der Waals surface area contributed by atoms with E-state index in [1.807, 2.05) is 0 Å². The molecule has 0 heterocycles. The van der Waals surface area contributed by atoms with Gasteiger partial charge in [0, 0.05) is 19.4 Å². The Labute approximate surface area is 444 Å². The van der Waals surface area contributed by atoms with E-state index in [4.69, 9.17) is 24.3 Å². The van der Waals surface area contributed by atoms with Gasteiger partial charge in [-0.25, -0.2) is 4.57 Å². The van der Waals surface area contributed by atoms with Gasteiger partial charge < -0.3 is 20.1 Å². The number of hydrogen-bond donors (Lipinski definition) is 2. The number of ether oxygens (including phenoxy) is 2. The van der Waals surface area contributed by atoms with Crippen molar-refractivity contribution in [2.75, 3.05) is 26.4 Å². The van der Waals surface area contributed by atoms with E-state index in [-0.39, 0.29) is 38.6 Å². The van der Waals surface area contributed by atoms with Crippen LogP contribution in [0.5, 0.6) is 0 Å². The molecule has 0 aromatic heterocycles. The van der Waals surface area contributed by atoms with Gasteiger partial charge >= 0.3 is 19.8 Å². The third kappa shape index (κ3) is 57.0. The number of rotatable bonds is 57. The highest BCUT2D eigenvalue weighted by Crippen LogP contribution is 2.43. The minimum Gasteiger partial charge on any atom is -0.462 e. The van der Waals surface area contributed by atoms with E-state index >= 15 is 0 Å². The fourth-order valence-electron chi connectivity index (χ4n) is 8.72. The minimum atomic E-state index is -4.39. The van der Waals surface area contributed by atoms with Crippen LogP contribution in [0.15, 0.2) is 60.8 Å². The molecule has 0 fully saturated rings. The van der Waals surface area contributed by atoms with Crippen LogP contribution in [0.1, 0.15) is 290 Å². The number of nitrogens with two attached hydrogens (primary N) is 1. The van der Waals surface area contributed by atoms with Gasteiger partial charge in [-0.2, -0.15) is 0 Å². The van der Waals surface area contributed by atoms with Crippen LogP contribution >= 0.6 is 7.82 Å². The van der Waals surface area contributed by atoms with Crippen molar-refractivity contribution in [3.63, 3.8) is 0 Å². The van der Waals surface area contributed by atoms with Gasteiger partial charge in [0.25, 0.3) is 0 Å². The molecule has 10 heteroatoms. The monoisotopic (exact) mass is 1030 g/mol. The van der Waals surface area contributed by atoms with Gasteiger partial charge in [-0.1, -0.05) is 280 Å². The summed E-state index contributed by atoms with van der Waals surface area (Å²) in [6, 6.07) is 0. The SMILES string of the molecule is CC/C=C\C/C=C\C/C=C\C/C=C\C/C=C\CCCCCCCCCCCCCCCCCC(=O)OC(COC(=O)CCCCCCCCCCCCCCCCCCCCCC)COP(=O)(O)OCCN. The number of esters is 2. The summed E-state index contributed by atoms with van der Waals surface area (Å²) in [6.07, 6.45) is 72.8. The van der Waals surface area contributed by atoms with Gasteiger partial charge in [0.05, 0.1) is 13.2 Å². The summed E-state index contributed by atoms with van der Waals surface area (Å²) in [4.78, 5) is 35.2. The second-order valence-corrected chi connectivity index (χ2v) is 21.7. The molecule has 72 heavy (non-hydrogen) atoms. The zero-order valence-electron chi connectivity index (χ0n) is 46.9. The summed E-state index contributed by atoms with van der Waals surface area (Å²) in [5, 5.41) is 0. The lowest BCUT2D eigenvalue weighted by Crippen LogP contribution is -2.29. The van der Waals surface area contributed by atoms with E-state index in [2.05, 4.69) is 74.6 Å². The van der Waals surface area contributed by atoms with Crippen molar-refractivity contribution in [2.45, 2.75) is 296 Å². The van der Waals surface area contributed by atoms with Crippen molar-refractivity contribution < 1.29 is 37.6 Å². The molecule has 0 bridgehead atoms. The Morgan fingerprint density at radius 3 is 1.14 bits per heavy atom. The Hall–Kier alpha value is -2.29. The molecule has 0 aliphatic rings. The average molecular weight is 1030 g/mol. The molecule has 0 rings (SSSR count). The smallest absolute Gasteiger partial charge is 0.462 e. The predicted molar refractivity (Wildman–Crippen MR) is 307 cm³/mol. The molecule has 0 radical (unpaired) electrons. The van der Waals surface area contributed by atoms with Crippen LogP contribution in [-0.2, 0) is 32.7 Å². The van der Waals surface area contributed by atoms with E-state index in [0.29, 0.717) is 6.42 Å². The van der Waals surface area contributed by atoms with Crippen molar-refractivity contribution in [1.29, 1.82) is 0 Å². The molecule has 0 aliphatic heterocycles. The molecule has 3 N–H and O–H groups in total. The van der Waals surface area contributed by atoms with Crippen molar-refractivity contribution in [3.05, 3.63) is 60.8 Å². The second kappa shape index (κ2) is 58.0. The van der Waals surface area contributed by atoms with Gasteiger partial charge in [0.1, 0.15) is 6.61 Å². The Morgan fingerprint density at radius 1 is 0.431 bits per heavy atom. The van der Waals surface area contributed by atoms with Gasteiger partial charge in [-0.3, -0.25) is 18.6 Å². The van der Waals surface area contributed by atoms with Gasteiger partial charge in [-0.05, 0) is 57.8 Å². The molecular formula is C62H114NO8P. The first kappa shape index (κ1) is 69.7. The molecule has 0 aromatic carbocycles. The fraction of sp³-hybridized carbons (Fsp3) is 0.806. The molecule has 0 saturated carbocycles. The van der Waals surface area contributed by atoms with Gasteiger partial charge in [0.15, 0.2) is 6.10 Å². The maximum absolute atomic E-state index is 12.7. The molecule has 0 saturated heterocycles. The number of phosphoric ester groups is 1. The molecule has 9 nitrogen and oxygen atoms in total. The minimum absolute atomic E-state index is 0.0540. The van der Waals surface area contributed by atoms with Gasteiger partial charge in [0.2, 0.25) is 0 Å². The highest BCUT2D eigenvalue weighted by Gasteiger charge is 2.26. The highest BCUT2D eigenvalue weighted by molar-refractivity contribution is 7.47. The van der Waals surface area contributed by atoms with Crippen LogP contribution in [0, 0.1) is 0 Å². The zero-order valence-corrected chi connectivity index (χ0v) is 47.8. The second-order valence-electron chi connectivity index (χ2n) is 20.2. The van der Waals surface area contributed by atoms with Gasteiger partial charge in [-0.15, -0.1) is 0 Å². The molecule has 0 amide bonds. The third-order valence-electron chi connectivity index (χ3n) is 13.2. The number of carbonyl (C=O) groups is 2. The summed E-state index contributed by atoms with van der Waals surface area (Å²) < 4.78 is 33.1. The van der Waals surface area contributed by atoms with Crippen LogP contribution in [0.25, 0.3) is 0 Å². The Morgan fingerprint density at radius 2 is 0.764 bits per heavy atom. The van der Waals surface area contributed by atoms with Crippen LogP contribution in [0.2, 0.25) is 0 Å². The fourth-order valence-corrected chi connectivity index (χ4v) is 9.49. The molecule has 2 unspecified atom stereocenters. The number of carbonyl (C=O) groups excluding carboxylic acids is 2. The first-order chi connectivity index (χ1) is 35.3. The number of allylic oxidation sites excluding steroid dienone is 10. The van der Waals surface area contributed by atoms with Crippen molar-refractivity contribution in [3.8, 4) is 0 Å². The lowest BCUT2D eigenvalue weighted by molar-refractivity contribution is -0.161. The topological polar surface area (TPSA) is 134 Å². The molecule has 0 spiro atoms. The summed E-state index contributed by atoms with van der Waals surface area (Å²) in [7, 11) is -4.39. The highest BCUT2D eigenvalue weighted by atomic mass is 31.2. The standard InChI is InChI=1S/C62H114NO8P/c1-3-5-7-9-11-13-15-17-19-21-23-25-26-27-28-29-30-31-32-33-34-35-37-39-41-43-45-47-49-51-53-55-62(65)71-60(59-70-72(66,67)69-57-56-63)58-68-61(64)54-52-50-48-46-44-42-40-38-36-24-22-20-18-16-14-12-10-8-6-4-2/h5,7,11,13,17,19,23,25,27-28,60H,3-4,6,8-10,12,14-16,18,20-22,24,26,29-59,63H2,1-2H3,(H,66,67)/b7-5-,13-11-,19-17-,25-23-,28-27-. The van der Waals surface area contributed by atoms with Crippen LogP contribution in [0.4, 0.5) is 0 Å². The molecule has 2 atom stereocenters. The largest absolute Gasteiger partial charge is 0.472 e. The van der Waals surface area contributed by atoms with E-state index < -0.39 is 26.5 Å². The summed E-state index contributed by atoms with van der Waals surface area (Å²) in [5.74, 6) is -0.814. The summed E-state index contributed by atoms with van der Waals surface area (Å²) in [6.45, 7) is 3.68. The number of hydrogen-bond acceptors (Lipinski definition) is 8. The van der Waals surface area contributed by atoms with Crippen LogP contribution in [-0.4, -0.2) is 49.3 Å². The number of unbranched alkanes of at least 4 members (excludes halogenated alkanes) is 34. The predicted octanol–water partition coefficient (Wildman–Crippen LogP) is 19.1. The van der Waals surface area contributed by atoms with Crippen molar-refractivity contribution in [2.24, 2.45) is 5.73 Å². The Balaban J connectivity index is 3.91. The Kier molecular flexibility index (Phi) is 56.1. The molecule has 0 aromatic rings. The maximum Gasteiger partial charge on any atom is 0.472 e.